The molecule has 0 spiro atoms. The molecule has 1 saturated heterocycles. The molecular weight excluding hydrogens is 392 g/mol. The molecule has 6 heteroatoms. The molecule has 2 aromatic rings. The third-order valence-electron chi connectivity index (χ3n) is 5.67. The number of benzene rings is 2. The predicted octanol–water partition coefficient (Wildman–Crippen LogP) is 3.73. The number of rotatable bonds is 8. The third kappa shape index (κ3) is 5.51. The Morgan fingerprint density at radius 2 is 1.71 bits per heavy atom. The number of ether oxygens (including phenoxy) is 1. The second kappa shape index (κ2) is 10.2. The summed E-state index contributed by atoms with van der Waals surface area (Å²) in [4.78, 5) is 39.3. The van der Waals surface area contributed by atoms with Crippen LogP contribution in [0.25, 0.3) is 0 Å². The van der Waals surface area contributed by atoms with Gasteiger partial charge in [-0.15, -0.1) is 0 Å². The molecule has 0 aromatic heterocycles. The van der Waals surface area contributed by atoms with Crippen molar-refractivity contribution in [3.63, 3.8) is 0 Å². The van der Waals surface area contributed by atoms with E-state index in [0.717, 1.165) is 35.2 Å². The van der Waals surface area contributed by atoms with Crippen LogP contribution >= 0.6 is 0 Å². The van der Waals surface area contributed by atoms with E-state index in [1.54, 1.807) is 11.8 Å². The summed E-state index contributed by atoms with van der Waals surface area (Å²) in [6, 6.07) is 15.6. The van der Waals surface area contributed by atoms with E-state index >= 15 is 0 Å². The Bertz CT molecular complexity index is 920. The van der Waals surface area contributed by atoms with Gasteiger partial charge in [-0.05, 0) is 36.5 Å². The lowest BCUT2D eigenvalue weighted by Gasteiger charge is -2.19. The Hall–Kier alpha value is -3.15. The van der Waals surface area contributed by atoms with Crippen molar-refractivity contribution < 1.29 is 19.1 Å². The van der Waals surface area contributed by atoms with Gasteiger partial charge in [0.25, 0.3) is 5.91 Å². The predicted molar refractivity (Wildman–Crippen MR) is 119 cm³/mol. The summed E-state index contributed by atoms with van der Waals surface area (Å²) in [5.74, 6) is -1.51. The number of anilines is 1. The minimum Gasteiger partial charge on any atom is -0.452 e. The van der Waals surface area contributed by atoms with Crippen LogP contribution in [0.3, 0.4) is 0 Å². The van der Waals surface area contributed by atoms with Crippen molar-refractivity contribution >= 4 is 23.5 Å². The van der Waals surface area contributed by atoms with Crippen LogP contribution in [0.5, 0.6) is 0 Å². The van der Waals surface area contributed by atoms with Gasteiger partial charge >= 0.3 is 5.97 Å². The van der Waals surface area contributed by atoms with Crippen molar-refractivity contribution in [1.82, 2.24) is 4.90 Å². The molecule has 0 bridgehead atoms. The van der Waals surface area contributed by atoms with E-state index in [9.17, 15) is 14.4 Å². The third-order valence-corrected chi connectivity index (χ3v) is 5.67. The van der Waals surface area contributed by atoms with Gasteiger partial charge in [-0.3, -0.25) is 14.4 Å². The van der Waals surface area contributed by atoms with Crippen LogP contribution in [-0.4, -0.2) is 35.3 Å². The molecule has 0 radical (unpaired) electrons. The molecule has 1 heterocycles. The minimum atomic E-state index is -0.944. The lowest BCUT2D eigenvalue weighted by molar-refractivity contribution is -0.157. The summed E-state index contributed by atoms with van der Waals surface area (Å²) >= 11 is 0. The summed E-state index contributed by atoms with van der Waals surface area (Å²) in [6.07, 6.45) is 0.747. The van der Waals surface area contributed by atoms with Crippen LogP contribution in [-0.2, 0) is 38.5 Å². The number of nitrogens with one attached hydrogen (secondary N) is 1. The highest BCUT2D eigenvalue weighted by molar-refractivity contribution is 5.97. The number of aryl methyl sites for hydroxylation is 2. The zero-order valence-corrected chi connectivity index (χ0v) is 18.4. The molecule has 6 nitrogen and oxygen atoms in total. The van der Waals surface area contributed by atoms with Gasteiger partial charge in [0.05, 0.1) is 5.92 Å². The average molecular weight is 423 g/mol. The fourth-order valence-electron chi connectivity index (χ4n) is 3.84. The number of nitrogens with zero attached hydrogens (tertiary/aromatic N) is 1. The van der Waals surface area contributed by atoms with Gasteiger partial charge in [-0.25, -0.2) is 0 Å². The van der Waals surface area contributed by atoms with E-state index in [4.69, 9.17) is 4.74 Å². The highest BCUT2D eigenvalue weighted by Crippen LogP contribution is 2.24. The van der Waals surface area contributed by atoms with Gasteiger partial charge in [0.15, 0.2) is 6.10 Å². The number of hydrogen-bond donors (Lipinski definition) is 1. The maximum Gasteiger partial charge on any atom is 0.312 e. The lowest BCUT2D eigenvalue weighted by Crippen LogP contribution is -2.33. The second-order valence-electron chi connectivity index (χ2n) is 7.89. The normalized spacial score (nSPS) is 16.8. The molecule has 0 aliphatic carbocycles. The van der Waals surface area contributed by atoms with Crippen molar-refractivity contribution in [2.75, 3.05) is 11.9 Å². The molecule has 1 aliphatic rings. The molecule has 2 atom stereocenters. The van der Waals surface area contributed by atoms with E-state index in [0.29, 0.717) is 13.1 Å². The molecule has 1 fully saturated rings. The molecule has 1 aliphatic heterocycles. The van der Waals surface area contributed by atoms with Crippen LogP contribution in [0.4, 0.5) is 5.69 Å². The standard InChI is InChI=1S/C25H30N2O4/c1-4-19-12-9-13-20(5-2)23(19)26-24(29)17(3)31-25(30)21-14-22(28)27(16-21)15-18-10-7-6-8-11-18/h6-13,17,21H,4-5,14-16H2,1-3H3,(H,26,29)/t17-,21+/m1/s1. The van der Waals surface area contributed by atoms with Crippen LogP contribution in [0.2, 0.25) is 0 Å². The smallest absolute Gasteiger partial charge is 0.312 e. The van der Waals surface area contributed by atoms with Crippen molar-refractivity contribution in [3.8, 4) is 0 Å². The first-order valence-corrected chi connectivity index (χ1v) is 10.9. The van der Waals surface area contributed by atoms with Crippen LogP contribution in [0.1, 0.15) is 43.9 Å². The topological polar surface area (TPSA) is 75.7 Å². The van der Waals surface area contributed by atoms with Gasteiger partial charge in [-0.2, -0.15) is 0 Å². The molecule has 2 aromatic carbocycles. The van der Waals surface area contributed by atoms with Crippen molar-refractivity contribution in [2.24, 2.45) is 5.92 Å². The average Bonchev–Trinajstić information content (AvgIpc) is 3.14. The van der Waals surface area contributed by atoms with Gasteiger partial charge in [-0.1, -0.05) is 62.4 Å². The number of para-hydroxylation sites is 1. The Labute approximate surface area is 183 Å². The van der Waals surface area contributed by atoms with E-state index in [1.165, 1.54) is 0 Å². The number of hydrogen-bond acceptors (Lipinski definition) is 4. The highest BCUT2D eigenvalue weighted by atomic mass is 16.5. The Kier molecular flexibility index (Phi) is 7.45. The van der Waals surface area contributed by atoms with E-state index in [-0.39, 0.29) is 18.2 Å². The summed E-state index contributed by atoms with van der Waals surface area (Å²) < 4.78 is 5.43. The summed E-state index contributed by atoms with van der Waals surface area (Å²) in [5, 5.41) is 2.93. The molecule has 2 amide bonds. The molecule has 0 saturated carbocycles. The zero-order valence-electron chi connectivity index (χ0n) is 18.4. The fourth-order valence-corrected chi connectivity index (χ4v) is 3.84. The molecule has 3 rings (SSSR count). The number of carbonyl (C=O) groups is 3. The van der Waals surface area contributed by atoms with Gasteiger partial charge in [0, 0.05) is 25.2 Å². The van der Waals surface area contributed by atoms with E-state index < -0.39 is 18.0 Å². The molecule has 0 unspecified atom stereocenters. The lowest BCUT2D eigenvalue weighted by atomic mass is 10.0. The van der Waals surface area contributed by atoms with Gasteiger partial charge < -0.3 is 15.0 Å². The van der Waals surface area contributed by atoms with E-state index in [1.807, 2.05) is 62.4 Å². The van der Waals surface area contributed by atoms with Gasteiger partial charge in [0.1, 0.15) is 0 Å². The summed E-state index contributed by atoms with van der Waals surface area (Å²) in [6.45, 7) is 6.40. The minimum absolute atomic E-state index is 0.0765. The first kappa shape index (κ1) is 22.5. The second-order valence-corrected chi connectivity index (χ2v) is 7.89. The zero-order chi connectivity index (χ0) is 22.4. The van der Waals surface area contributed by atoms with Crippen molar-refractivity contribution in [2.45, 2.75) is 52.7 Å². The van der Waals surface area contributed by atoms with E-state index in [2.05, 4.69) is 5.32 Å². The number of likely N-dealkylation sites (tertiary alicyclic amines) is 1. The molecular formula is C25H30N2O4. The Morgan fingerprint density at radius 1 is 1.06 bits per heavy atom. The number of carbonyl (C=O) groups excluding carboxylic acids is 3. The highest BCUT2D eigenvalue weighted by Gasteiger charge is 2.36. The van der Waals surface area contributed by atoms with Crippen LogP contribution in [0, 0.1) is 5.92 Å². The monoisotopic (exact) mass is 422 g/mol. The number of esters is 1. The van der Waals surface area contributed by atoms with Crippen molar-refractivity contribution in [3.05, 3.63) is 65.2 Å². The summed E-state index contributed by atoms with van der Waals surface area (Å²) in [5.41, 5.74) is 3.90. The van der Waals surface area contributed by atoms with Crippen LogP contribution in [0.15, 0.2) is 48.5 Å². The van der Waals surface area contributed by atoms with Crippen molar-refractivity contribution in [1.29, 1.82) is 0 Å². The molecule has 1 N–H and O–H groups in total. The first-order valence-electron chi connectivity index (χ1n) is 10.9. The quantitative estimate of drug-likeness (QED) is 0.658. The largest absolute Gasteiger partial charge is 0.452 e. The SMILES string of the molecule is CCc1cccc(CC)c1NC(=O)[C@@H](C)OC(=O)[C@H]1CC(=O)N(Cc2ccccc2)C1. The Morgan fingerprint density at radius 3 is 2.32 bits per heavy atom. The maximum absolute atomic E-state index is 12.7. The number of amides is 2. The molecule has 31 heavy (non-hydrogen) atoms. The first-order chi connectivity index (χ1) is 14.9. The van der Waals surface area contributed by atoms with Crippen LogP contribution < -0.4 is 5.32 Å². The maximum atomic E-state index is 12.7. The fraction of sp³-hybridized carbons (Fsp3) is 0.400. The summed E-state index contributed by atoms with van der Waals surface area (Å²) in [7, 11) is 0. The van der Waals surface area contributed by atoms with Gasteiger partial charge in [0.2, 0.25) is 5.91 Å². The Balaban J connectivity index is 1.58. The molecule has 164 valence electrons.